The summed E-state index contributed by atoms with van der Waals surface area (Å²) in [7, 11) is 0. The third kappa shape index (κ3) is 1.58. The Kier molecular flexibility index (Phi) is 2.46. The molecule has 0 aromatic heterocycles. The molecular weight excluding hydrogens is 124 g/mol. The first-order valence-corrected chi connectivity index (χ1v) is 3.55. The summed E-state index contributed by atoms with van der Waals surface area (Å²) in [4.78, 5) is 0. The van der Waals surface area contributed by atoms with Gasteiger partial charge in [-0.3, -0.25) is 0 Å². The van der Waals surface area contributed by atoms with E-state index in [9.17, 15) is 0 Å². The van der Waals surface area contributed by atoms with E-state index in [0.717, 1.165) is 12.0 Å². The van der Waals surface area contributed by atoms with Gasteiger partial charge < -0.3 is 5.11 Å². The lowest BCUT2D eigenvalue weighted by Crippen LogP contribution is -1.83. The first-order chi connectivity index (χ1) is 4.86. The van der Waals surface area contributed by atoms with E-state index in [1.165, 1.54) is 5.56 Å². The Bertz CT molecular complexity index is 165. The van der Waals surface area contributed by atoms with Gasteiger partial charge in [0.2, 0.25) is 0 Å². The van der Waals surface area contributed by atoms with Crippen LogP contribution in [0.5, 0.6) is 0 Å². The molecular formula is C9H12O. The Labute approximate surface area is 61.3 Å². The highest BCUT2D eigenvalue weighted by Gasteiger charge is 1.88. The molecule has 54 valence electrons. The summed E-state index contributed by atoms with van der Waals surface area (Å²) in [5, 5.41) is 8.70. The second kappa shape index (κ2) is 3.37. The van der Waals surface area contributed by atoms with Gasteiger partial charge in [-0.1, -0.05) is 31.2 Å². The fraction of sp³-hybridized carbons (Fsp3) is 0.333. The molecule has 1 heteroatoms. The standard InChI is InChI=1S/C9H12O/c1-2-8-3-5-9(7-10)6-4-8/h3-6,10H,2,7H2,1H3. The van der Waals surface area contributed by atoms with E-state index < -0.39 is 0 Å². The van der Waals surface area contributed by atoms with E-state index in [0.29, 0.717) is 0 Å². The summed E-state index contributed by atoms with van der Waals surface area (Å²) in [6, 6.07) is 8.01. The van der Waals surface area contributed by atoms with Crippen molar-refractivity contribution in [2.75, 3.05) is 0 Å². The van der Waals surface area contributed by atoms with Crippen LogP contribution in [0.2, 0.25) is 0 Å². The molecule has 0 aliphatic carbocycles. The Balaban J connectivity index is 2.80. The van der Waals surface area contributed by atoms with Crippen molar-refractivity contribution in [3.63, 3.8) is 0 Å². The minimum absolute atomic E-state index is 0.143. The summed E-state index contributed by atoms with van der Waals surface area (Å²) in [5.74, 6) is 0. The smallest absolute Gasteiger partial charge is 0.0681 e. The lowest BCUT2D eigenvalue weighted by molar-refractivity contribution is 0.282. The van der Waals surface area contributed by atoms with Crippen LogP contribution in [0.4, 0.5) is 0 Å². The fourth-order valence-electron chi connectivity index (χ4n) is 0.880. The number of aliphatic hydroxyl groups is 1. The maximum absolute atomic E-state index is 8.70. The van der Waals surface area contributed by atoms with Crippen LogP contribution >= 0.6 is 0 Å². The fourth-order valence-corrected chi connectivity index (χ4v) is 0.880. The lowest BCUT2D eigenvalue weighted by atomic mass is 10.1. The van der Waals surface area contributed by atoms with Gasteiger partial charge in [0, 0.05) is 0 Å². The van der Waals surface area contributed by atoms with Crippen LogP contribution < -0.4 is 0 Å². The molecule has 0 saturated heterocycles. The Morgan fingerprint density at radius 2 is 1.60 bits per heavy atom. The minimum atomic E-state index is 0.143. The lowest BCUT2D eigenvalue weighted by Gasteiger charge is -1.97. The zero-order valence-electron chi connectivity index (χ0n) is 6.17. The highest BCUT2D eigenvalue weighted by atomic mass is 16.3. The summed E-state index contributed by atoms with van der Waals surface area (Å²) in [5.41, 5.74) is 2.30. The van der Waals surface area contributed by atoms with E-state index >= 15 is 0 Å². The van der Waals surface area contributed by atoms with Crippen molar-refractivity contribution < 1.29 is 5.11 Å². The third-order valence-corrected chi connectivity index (χ3v) is 1.61. The number of hydrogen-bond donors (Lipinski definition) is 1. The van der Waals surface area contributed by atoms with E-state index in [1.807, 2.05) is 24.3 Å². The zero-order valence-corrected chi connectivity index (χ0v) is 6.17. The zero-order chi connectivity index (χ0) is 7.40. The molecule has 0 saturated carbocycles. The summed E-state index contributed by atoms with van der Waals surface area (Å²) in [6.45, 7) is 2.26. The molecule has 0 fully saturated rings. The van der Waals surface area contributed by atoms with Gasteiger partial charge in [-0.15, -0.1) is 0 Å². The van der Waals surface area contributed by atoms with Gasteiger partial charge in [-0.25, -0.2) is 0 Å². The van der Waals surface area contributed by atoms with Gasteiger partial charge in [-0.05, 0) is 17.5 Å². The number of benzene rings is 1. The third-order valence-electron chi connectivity index (χ3n) is 1.61. The first kappa shape index (κ1) is 7.29. The van der Waals surface area contributed by atoms with E-state index in [1.54, 1.807) is 0 Å². The van der Waals surface area contributed by atoms with E-state index in [-0.39, 0.29) is 6.61 Å². The number of hydrogen-bond acceptors (Lipinski definition) is 1. The second-order valence-corrected chi connectivity index (χ2v) is 2.33. The quantitative estimate of drug-likeness (QED) is 0.656. The van der Waals surface area contributed by atoms with Crippen molar-refractivity contribution in [2.24, 2.45) is 0 Å². The molecule has 1 rings (SSSR count). The summed E-state index contributed by atoms with van der Waals surface area (Å²) < 4.78 is 0. The SMILES string of the molecule is CCc1ccc(CO)cc1. The largest absolute Gasteiger partial charge is 0.392 e. The summed E-state index contributed by atoms with van der Waals surface area (Å²) >= 11 is 0. The van der Waals surface area contributed by atoms with Gasteiger partial charge in [-0.2, -0.15) is 0 Å². The van der Waals surface area contributed by atoms with Crippen molar-refractivity contribution in [1.82, 2.24) is 0 Å². The molecule has 0 unspecified atom stereocenters. The number of aryl methyl sites for hydroxylation is 1. The van der Waals surface area contributed by atoms with Gasteiger partial charge in [0.25, 0.3) is 0 Å². The van der Waals surface area contributed by atoms with Crippen molar-refractivity contribution in [2.45, 2.75) is 20.0 Å². The number of aliphatic hydroxyl groups excluding tert-OH is 1. The second-order valence-electron chi connectivity index (χ2n) is 2.33. The maximum Gasteiger partial charge on any atom is 0.0681 e. The van der Waals surface area contributed by atoms with Crippen LogP contribution in [-0.4, -0.2) is 5.11 Å². The average Bonchev–Trinajstić information content (AvgIpc) is 2.05. The van der Waals surface area contributed by atoms with Crippen LogP contribution in [0.1, 0.15) is 18.1 Å². The molecule has 0 radical (unpaired) electrons. The molecule has 1 aromatic carbocycles. The van der Waals surface area contributed by atoms with Crippen LogP contribution in [-0.2, 0) is 13.0 Å². The Morgan fingerprint density at radius 1 is 1.10 bits per heavy atom. The Hall–Kier alpha value is -0.820. The van der Waals surface area contributed by atoms with Gasteiger partial charge in [0.05, 0.1) is 6.61 Å². The van der Waals surface area contributed by atoms with Crippen LogP contribution in [0.3, 0.4) is 0 Å². The first-order valence-electron chi connectivity index (χ1n) is 3.55. The molecule has 0 aliphatic rings. The molecule has 0 amide bonds. The van der Waals surface area contributed by atoms with Crippen molar-refractivity contribution in [1.29, 1.82) is 0 Å². The normalized spacial score (nSPS) is 9.80. The molecule has 0 aliphatic heterocycles. The highest BCUT2D eigenvalue weighted by Crippen LogP contribution is 2.03. The molecule has 0 atom stereocenters. The van der Waals surface area contributed by atoms with Crippen molar-refractivity contribution in [3.05, 3.63) is 35.4 Å². The van der Waals surface area contributed by atoms with Gasteiger partial charge >= 0.3 is 0 Å². The molecule has 10 heavy (non-hydrogen) atoms. The predicted octanol–water partition coefficient (Wildman–Crippen LogP) is 1.74. The molecule has 1 aromatic rings. The van der Waals surface area contributed by atoms with Crippen molar-refractivity contribution >= 4 is 0 Å². The molecule has 0 bridgehead atoms. The topological polar surface area (TPSA) is 20.2 Å². The molecule has 0 heterocycles. The van der Waals surface area contributed by atoms with Crippen LogP contribution in [0.15, 0.2) is 24.3 Å². The highest BCUT2D eigenvalue weighted by molar-refractivity contribution is 5.21. The minimum Gasteiger partial charge on any atom is -0.392 e. The monoisotopic (exact) mass is 136 g/mol. The van der Waals surface area contributed by atoms with Crippen molar-refractivity contribution in [3.8, 4) is 0 Å². The van der Waals surface area contributed by atoms with Crippen LogP contribution in [0, 0.1) is 0 Å². The molecule has 1 N–H and O–H groups in total. The summed E-state index contributed by atoms with van der Waals surface area (Å²) in [6.07, 6.45) is 1.06. The number of rotatable bonds is 2. The average molecular weight is 136 g/mol. The molecule has 0 spiro atoms. The molecule has 1 nitrogen and oxygen atoms in total. The Morgan fingerprint density at radius 3 is 2.00 bits per heavy atom. The predicted molar refractivity (Wildman–Crippen MR) is 41.7 cm³/mol. The van der Waals surface area contributed by atoms with Crippen LogP contribution in [0.25, 0.3) is 0 Å². The van der Waals surface area contributed by atoms with Gasteiger partial charge in [0.15, 0.2) is 0 Å². The van der Waals surface area contributed by atoms with Gasteiger partial charge in [0.1, 0.15) is 0 Å². The van der Waals surface area contributed by atoms with E-state index in [4.69, 9.17) is 5.11 Å². The van der Waals surface area contributed by atoms with E-state index in [2.05, 4.69) is 6.92 Å². The maximum atomic E-state index is 8.70.